The molecule has 2 aromatic heterocycles. The Morgan fingerprint density at radius 3 is 2.85 bits per heavy atom. The Morgan fingerprint density at radius 2 is 2.21 bits per heavy atom. The number of hydrogen-bond donors (Lipinski definition) is 1. The van der Waals surface area contributed by atoms with Crippen LogP contribution in [0, 0.1) is 11.7 Å². The minimum Gasteiger partial charge on any atom is -0.466 e. The van der Waals surface area contributed by atoms with E-state index in [1.54, 1.807) is 36.1 Å². The molecule has 1 aliphatic rings. The quantitative estimate of drug-likeness (QED) is 0.256. The Balaban J connectivity index is 1.37. The average molecular weight is 483 g/mol. The number of aromatic nitrogens is 3. The molecular weight excluding hydrogens is 451 g/mol. The standard InChI is InChI=1S/C25H31FN6OS/c1-5-7-12-28-23(6-2)31-13-10-18(11-14-31)17(3)33-25-30-32-16-22(29-24(32)34-25)20-9-8-19(27-4)15-21(20)26/h5,7-9,12,15-18,27H,1,6,10-11,13-14H2,2-4H3/b12-7-,28-23?. The second kappa shape index (κ2) is 10.8. The number of hydrogen-bond acceptors (Lipinski definition) is 6. The Hall–Kier alpha value is -3.20. The zero-order valence-electron chi connectivity index (χ0n) is 19.9. The summed E-state index contributed by atoms with van der Waals surface area (Å²) < 4.78 is 22.3. The van der Waals surface area contributed by atoms with Crippen molar-refractivity contribution in [3.8, 4) is 16.5 Å². The maximum absolute atomic E-state index is 14.4. The predicted molar refractivity (Wildman–Crippen MR) is 137 cm³/mol. The highest BCUT2D eigenvalue weighted by atomic mass is 32.1. The molecule has 0 saturated carbocycles. The Labute approximate surface area is 203 Å². The van der Waals surface area contributed by atoms with E-state index in [1.807, 2.05) is 12.1 Å². The molecule has 1 fully saturated rings. The maximum atomic E-state index is 14.4. The van der Waals surface area contributed by atoms with Gasteiger partial charge in [-0.2, -0.15) is 0 Å². The van der Waals surface area contributed by atoms with E-state index in [9.17, 15) is 4.39 Å². The van der Waals surface area contributed by atoms with Crippen molar-refractivity contribution in [3.05, 3.63) is 55.1 Å². The van der Waals surface area contributed by atoms with Crippen molar-refractivity contribution < 1.29 is 9.13 Å². The predicted octanol–water partition coefficient (Wildman–Crippen LogP) is 5.63. The number of halogens is 1. The lowest BCUT2D eigenvalue weighted by atomic mass is 9.92. The van der Waals surface area contributed by atoms with Gasteiger partial charge >= 0.3 is 0 Å². The highest BCUT2D eigenvalue weighted by Gasteiger charge is 2.27. The van der Waals surface area contributed by atoms with Gasteiger partial charge < -0.3 is 15.0 Å². The molecule has 4 rings (SSSR count). The molecule has 1 saturated heterocycles. The smallest absolute Gasteiger partial charge is 0.294 e. The van der Waals surface area contributed by atoms with Gasteiger partial charge in [0.15, 0.2) is 0 Å². The summed E-state index contributed by atoms with van der Waals surface area (Å²) in [5.41, 5.74) is 1.73. The summed E-state index contributed by atoms with van der Waals surface area (Å²) >= 11 is 1.38. The number of likely N-dealkylation sites (tertiary alicyclic amines) is 1. The van der Waals surface area contributed by atoms with Crippen LogP contribution in [-0.2, 0) is 0 Å². The number of ether oxygens (including phenoxy) is 1. The monoisotopic (exact) mass is 482 g/mol. The van der Waals surface area contributed by atoms with Crippen LogP contribution in [0.5, 0.6) is 5.19 Å². The number of nitrogens with one attached hydrogen (secondary N) is 1. The SMILES string of the molecule is C=C/C=C\N=C(CC)N1CCC(C(C)Oc2nn3cc(-c4ccc(NC)cc4F)nc3s2)CC1. The molecule has 1 atom stereocenters. The fourth-order valence-electron chi connectivity index (χ4n) is 4.21. The van der Waals surface area contributed by atoms with E-state index in [0.29, 0.717) is 27.3 Å². The van der Waals surface area contributed by atoms with Gasteiger partial charge in [0, 0.05) is 44.0 Å². The zero-order chi connectivity index (χ0) is 24.1. The van der Waals surface area contributed by atoms with Crippen LogP contribution in [0.1, 0.15) is 33.1 Å². The van der Waals surface area contributed by atoms with E-state index >= 15 is 0 Å². The van der Waals surface area contributed by atoms with Gasteiger partial charge in [-0.05, 0) is 61.3 Å². The summed E-state index contributed by atoms with van der Waals surface area (Å²) in [4.78, 5) is 12.2. The number of piperidine rings is 1. The second-order valence-electron chi connectivity index (χ2n) is 8.29. The molecule has 1 N–H and O–H groups in total. The first kappa shape index (κ1) is 23.9. The minimum absolute atomic E-state index is 0.0479. The fourth-order valence-corrected chi connectivity index (χ4v) is 5.02. The molecule has 0 bridgehead atoms. The van der Waals surface area contributed by atoms with Crippen molar-refractivity contribution in [1.82, 2.24) is 19.5 Å². The molecule has 3 aromatic rings. The number of allylic oxidation sites excluding steroid dienone is 2. The van der Waals surface area contributed by atoms with Crippen LogP contribution in [0.4, 0.5) is 10.1 Å². The first-order chi connectivity index (χ1) is 16.5. The molecular formula is C25H31FN6OS. The van der Waals surface area contributed by atoms with Crippen molar-refractivity contribution in [1.29, 1.82) is 0 Å². The minimum atomic E-state index is -0.318. The number of benzene rings is 1. The van der Waals surface area contributed by atoms with E-state index < -0.39 is 0 Å². The summed E-state index contributed by atoms with van der Waals surface area (Å²) in [7, 11) is 1.76. The summed E-state index contributed by atoms with van der Waals surface area (Å²) in [6.07, 6.45) is 10.2. The van der Waals surface area contributed by atoms with Crippen LogP contribution in [0.15, 0.2) is 54.3 Å². The van der Waals surface area contributed by atoms with Gasteiger partial charge in [-0.15, -0.1) is 5.10 Å². The molecule has 0 spiro atoms. The van der Waals surface area contributed by atoms with Gasteiger partial charge in [-0.3, -0.25) is 0 Å². The largest absolute Gasteiger partial charge is 0.466 e. The second-order valence-corrected chi connectivity index (χ2v) is 9.21. The summed E-state index contributed by atoms with van der Waals surface area (Å²) in [5.74, 6) is 1.24. The summed E-state index contributed by atoms with van der Waals surface area (Å²) in [6.45, 7) is 9.86. The molecule has 0 amide bonds. The highest BCUT2D eigenvalue weighted by molar-refractivity contribution is 7.18. The lowest BCUT2D eigenvalue weighted by Crippen LogP contribution is -2.41. The van der Waals surface area contributed by atoms with Gasteiger partial charge in [-0.1, -0.05) is 19.6 Å². The molecule has 34 heavy (non-hydrogen) atoms. The van der Waals surface area contributed by atoms with Crippen LogP contribution in [-0.4, -0.2) is 51.6 Å². The molecule has 3 heterocycles. The number of nitrogens with zero attached hydrogens (tertiary/aromatic N) is 5. The van der Waals surface area contributed by atoms with Gasteiger partial charge in [0.1, 0.15) is 17.8 Å². The Kier molecular flexibility index (Phi) is 7.62. The number of amidine groups is 1. The van der Waals surface area contributed by atoms with E-state index in [-0.39, 0.29) is 11.9 Å². The molecule has 0 radical (unpaired) electrons. The van der Waals surface area contributed by atoms with E-state index in [1.165, 1.54) is 17.4 Å². The third kappa shape index (κ3) is 5.30. The first-order valence-electron chi connectivity index (χ1n) is 11.6. The third-order valence-electron chi connectivity index (χ3n) is 6.18. The van der Waals surface area contributed by atoms with Gasteiger partial charge in [-0.25, -0.2) is 18.9 Å². The number of rotatable bonds is 8. The maximum Gasteiger partial charge on any atom is 0.294 e. The normalized spacial score (nSPS) is 16.4. The third-order valence-corrected chi connectivity index (χ3v) is 6.99. The number of fused-ring (bicyclic) bond motifs is 1. The van der Waals surface area contributed by atoms with Gasteiger partial charge in [0.25, 0.3) is 5.19 Å². The van der Waals surface area contributed by atoms with Gasteiger partial charge in [0.05, 0.1) is 11.9 Å². The van der Waals surface area contributed by atoms with Crippen LogP contribution < -0.4 is 10.1 Å². The fraction of sp³-hybridized carbons (Fsp3) is 0.400. The molecule has 1 unspecified atom stereocenters. The van der Waals surface area contributed by atoms with Crippen molar-refractivity contribution in [2.24, 2.45) is 10.9 Å². The van der Waals surface area contributed by atoms with Crippen LogP contribution in [0.3, 0.4) is 0 Å². The van der Waals surface area contributed by atoms with Crippen molar-refractivity contribution in [2.75, 3.05) is 25.5 Å². The molecule has 180 valence electrons. The lowest BCUT2D eigenvalue weighted by Gasteiger charge is -2.36. The zero-order valence-corrected chi connectivity index (χ0v) is 20.7. The van der Waals surface area contributed by atoms with Gasteiger partial charge in [0.2, 0.25) is 4.96 Å². The molecule has 7 nitrogen and oxygen atoms in total. The molecule has 1 aromatic carbocycles. The van der Waals surface area contributed by atoms with Crippen molar-refractivity contribution >= 4 is 27.8 Å². The van der Waals surface area contributed by atoms with Crippen LogP contribution in [0.2, 0.25) is 0 Å². The summed E-state index contributed by atoms with van der Waals surface area (Å²) in [5, 5.41) is 8.04. The topological polar surface area (TPSA) is 67.0 Å². The van der Waals surface area contributed by atoms with Crippen LogP contribution in [0.25, 0.3) is 16.2 Å². The van der Waals surface area contributed by atoms with Crippen molar-refractivity contribution in [2.45, 2.75) is 39.2 Å². The highest BCUT2D eigenvalue weighted by Crippen LogP contribution is 2.31. The number of aliphatic imine (C=N–C) groups is 1. The summed E-state index contributed by atoms with van der Waals surface area (Å²) in [6, 6.07) is 5.02. The van der Waals surface area contributed by atoms with Crippen molar-refractivity contribution in [3.63, 3.8) is 0 Å². The average Bonchev–Trinajstić information content (AvgIpc) is 3.40. The Bertz CT molecular complexity index is 1160. The number of anilines is 1. The van der Waals surface area contributed by atoms with Crippen LogP contribution >= 0.6 is 11.3 Å². The first-order valence-corrected chi connectivity index (χ1v) is 12.4. The molecule has 0 aliphatic carbocycles. The number of imidazole rings is 1. The van der Waals surface area contributed by atoms with E-state index in [2.05, 4.69) is 45.7 Å². The molecule has 9 heteroatoms. The molecule has 1 aliphatic heterocycles. The Morgan fingerprint density at radius 1 is 1.41 bits per heavy atom. The van der Waals surface area contributed by atoms with E-state index in [4.69, 9.17) is 4.74 Å². The van der Waals surface area contributed by atoms with E-state index in [0.717, 1.165) is 43.9 Å². The lowest BCUT2D eigenvalue weighted by molar-refractivity contribution is 0.107.